The number of hydrogen-bond donors (Lipinski definition) is 1. The van der Waals surface area contributed by atoms with Crippen molar-refractivity contribution in [3.8, 4) is 0 Å². The van der Waals surface area contributed by atoms with Crippen LogP contribution in [-0.4, -0.2) is 23.2 Å². The Hall–Kier alpha value is -2.04. The van der Waals surface area contributed by atoms with Crippen LogP contribution in [0.25, 0.3) is 0 Å². The molecule has 0 bridgehead atoms. The third-order valence-corrected chi connectivity index (χ3v) is 3.67. The zero-order valence-electron chi connectivity index (χ0n) is 11.6. The molecule has 0 aliphatic carbocycles. The molecule has 1 aliphatic heterocycles. The van der Waals surface area contributed by atoms with Gasteiger partial charge in [-0.3, -0.25) is 0 Å². The van der Waals surface area contributed by atoms with Gasteiger partial charge < -0.3 is 15.2 Å². The first-order valence-corrected chi connectivity index (χ1v) is 7.23. The van der Waals surface area contributed by atoms with Gasteiger partial charge in [0.15, 0.2) is 0 Å². The molecule has 106 valence electrons. The molecule has 0 atom stereocenters. The molecule has 1 aromatic heterocycles. The summed E-state index contributed by atoms with van der Waals surface area (Å²) < 4.78 is 5.34. The van der Waals surface area contributed by atoms with Gasteiger partial charge in [0.1, 0.15) is 0 Å². The van der Waals surface area contributed by atoms with E-state index in [1.807, 2.05) is 18.2 Å². The van der Waals surface area contributed by atoms with Crippen molar-refractivity contribution in [2.75, 3.05) is 23.7 Å². The fourth-order valence-electron chi connectivity index (χ4n) is 2.57. The fourth-order valence-corrected chi connectivity index (χ4v) is 2.57. The van der Waals surface area contributed by atoms with E-state index < -0.39 is 0 Å². The Morgan fingerprint density at radius 3 is 2.80 bits per heavy atom. The van der Waals surface area contributed by atoms with Crippen molar-refractivity contribution in [3.05, 3.63) is 35.7 Å². The van der Waals surface area contributed by atoms with E-state index in [1.54, 1.807) is 0 Å². The first kappa shape index (κ1) is 13.0. The van der Waals surface area contributed by atoms with E-state index in [4.69, 9.17) is 10.3 Å². The molecule has 2 N–H and O–H groups in total. The summed E-state index contributed by atoms with van der Waals surface area (Å²) in [5.41, 5.74) is 7.76. The van der Waals surface area contributed by atoms with Gasteiger partial charge in [-0.2, -0.15) is 4.98 Å². The van der Waals surface area contributed by atoms with Crippen LogP contribution in [0.3, 0.4) is 0 Å². The summed E-state index contributed by atoms with van der Waals surface area (Å²) >= 11 is 0. The third kappa shape index (κ3) is 3.10. The van der Waals surface area contributed by atoms with Crippen LogP contribution in [0.4, 0.5) is 11.6 Å². The number of anilines is 2. The highest BCUT2D eigenvalue weighted by Gasteiger charge is 2.16. The van der Waals surface area contributed by atoms with Crippen LogP contribution in [0, 0.1) is 0 Å². The zero-order valence-corrected chi connectivity index (χ0v) is 11.6. The fraction of sp³-hybridized carbons (Fsp3) is 0.467. The summed E-state index contributed by atoms with van der Waals surface area (Å²) in [4.78, 5) is 6.69. The van der Waals surface area contributed by atoms with Gasteiger partial charge in [0.25, 0.3) is 5.95 Å². The Bertz CT molecular complexity index is 561. The normalized spacial score (nSPS) is 15.5. The number of nitrogens with zero attached hydrogens (tertiary/aromatic N) is 3. The van der Waals surface area contributed by atoms with Crippen molar-refractivity contribution in [2.24, 2.45) is 0 Å². The van der Waals surface area contributed by atoms with E-state index in [-0.39, 0.29) is 0 Å². The average Bonchev–Trinajstić information content (AvgIpc) is 2.95. The molecule has 0 amide bonds. The topological polar surface area (TPSA) is 68.2 Å². The number of nitrogens with two attached hydrogens (primary N) is 1. The van der Waals surface area contributed by atoms with Crippen molar-refractivity contribution in [1.82, 2.24) is 10.1 Å². The summed E-state index contributed by atoms with van der Waals surface area (Å²) in [6, 6.07) is 7.92. The Labute approximate surface area is 118 Å². The maximum absolute atomic E-state index is 5.77. The predicted octanol–water partition coefficient (Wildman–Crippen LogP) is 2.43. The summed E-state index contributed by atoms with van der Waals surface area (Å²) in [5.74, 6) is 1.44. The van der Waals surface area contributed by atoms with E-state index in [9.17, 15) is 0 Å². The summed E-state index contributed by atoms with van der Waals surface area (Å²) in [7, 11) is 0. The number of aromatic nitrogens is 2. The molecule has 0 saturated carbocycles. The maximum atomic E-state index is 5.77. The Morgan fingerprint density at radius 2 is 2.00 bits per heavy atom. The van der Waals surface area contributed by atoms with Gasteiger partial charge in [0, 0.05) is 25.2 Å². The Kier molecular flexibility index (Phi) is 3.85. The second-order valence-electron chi connectivity index (χ2n) is 5.28. The molecule has 5 nitrogen and oxygen atoms in total. The van der Waals surface area contributed by atoms with Crippen molar-refractivity contribution in [2.45, 2.75) is 32.1 Å². The van der Waals surface area contributed by atoms with Crippen LogP contribution in [0.15, 0.2) is 28.8 Å². The van der Waals surface area contributed by atoms with Gasteiger partial charge in [0.05, 0.1) is 0 Å². The standard InChI is InChI=1S/C15H20N4O/c16-13-6-4-5-12(11-13)7-8-14-17-15(18-20-14)19-9-2-1-3-10-19/h4-6,11H,1-3,7-10,16H2. The smallest absolute Gasteiger partial charge is 0.266 e. The molecule has 0 radical (unpaired) electrons. The van der Waals surface area contributed by atoms with Gasteiger partial charge in [-0.1, -0.05) is 12.1 Å². The van der Waals surface area contributed by atoms with Crippen molar-refractivity contribution < 1.29 is 4.52 Å². The minimum absolute atomic E-state index is 0.702. The molecule has 2 aromatic rings. The van der Waals surface area contributed by atoms with E-state index in [1.165, 1.54) is 24.8 Å². The van der Waals surface area contributed by atoms with Crippen molar-refractivity contribution in [1.29, 1.82) is 0 Å². The summed E-state index contributed by atoms with van der Waals surface area (Å²) in [6.07, 6.45) is 5.36. The number of benzene rings is 1. The quantitative estimate of drug-likeness (QED) is 0.866. The highest BCUT2D eigenvalue weighted by Crippen LogP contribution is 2.17. The summed E-state index contributed by atoms with van der Waals surface area (Å²) in [6.45, 7) is 2.07. The number of rotatable bonds is 4. The molecule has 1 fully saturated rings. The lowest BCUT2D eigenvalue weighted by molar-refractivity contribution is 0.376. The molecular formula is C15H20N4O. The molecule has 5 heteroatoms. The van der Waals surface area contributed by atoms with E-state index in [0.29, 0.717) is 5.89 Å². The molecule has 1 saturated heterocycles. The van der Waals surface area contributed by atoms with Gasteiger partial charge in [-0.05, 0) is 48.5 Å². The minimum atomic E-state index is 0.702. The molecular weight excluding hydrogens is 252 g/mol. The van der Waals surface area contributed by atoms with E-state index in [2.05, 4.69) is 21.1 Å². The SMILES string of the molecule is Nc1cccc(CCc2nc(N3CCCCC3)no2)c1. The molecule has 20 heavy (non-hydrogen) atoms. The average molecular weight is 272 g/mol. The first-order valence-electron chi connectivity index (χ1n) is 7.23. The molecule has 0 unspecified atom stereocenters. The Balaban J connectivity index is 1.59. The second-order valence-corrected chi connectivity index (χ2v) is 5.28. The van der Waals surface area contributed by atoms with Gasteiger partial charge in [-0.15, -0.1) is 0 Å². The third-order valence-electron chi connectivity index (χ3n) is 3.67. The maximum Gasteiger partial charge on any atom is 0.266 e. The Morgan fingerprint density at radius 1 is 1.15 bits per heavy atom. The number of piperidine rings is 1. The summed E-state index contributed by atoms with van der Waals surface area (Å²) in [5, 5.41) is 4.08. The monoisotopic (exact) mass is 272 g/mol. The van der Waals surface area contributed by atoms with Crippen LogP contribution >= 0.6 is 0 Å². The largest absolute Gasteiger partial charge is 0.399 e. The zero-order chi connectivity index (χ0) is 13.8. The highest BCUT2D eigenvalue weighted by atomic mass is 16.5. The second kappa shape index (κ2) is 5.94. The number of aryl methyl sites for hydroxylation is 2. The molecule has 3 rings (SSSR count). The highest BCUT2D eigenvalue weighted by molar-refractivity contribution is 5.40. The predicted molar refractivity (Wildman–Crippen MR) is 78.6 cm³/mol. The lowest BCUT2D eigenvalue weighted by Crippen LogP contribution is -2.30. The van der Waals surface area contributed by atoms with Crippen molar-refractivity contribution >= 4 is 11.6 Å². The van der Waals surface area contributed by atoms with Gasteiger partial charge in [0.2, 0.25) is 5.89 Å². The van der Waals surface area contributed by atoms with Crippen LogP contribution in [-0.2, 0) is 12.8 Å². The van der Waals surface area contributed by atoms with E-state index >= 15 is 0 Å². The van der Waals surface area contributed by atoms with Crippen LogP contribution in [0.1, 0.15) is 30.7 Å². The van der Waals surface area contributed by atoms with Gasteiger partial charge >= 0.3 is 0 Å². The molecule has 0 spiro atoms. The lowest BCUT2D eigenvalue weighted by Gasteiger charge is -2.24. The number of hydrogen-bond acceptors (Lipinski definition) is 5. The molecule has 1 aromatic carbocycles. The lowest BCUT2D eigenvalue weighted by atomic mass is 10.1. The molecule has 1 aliphatic rings. The van der Waals surface area contributed by atoms with Crippen LogP contribution in [0.5, 0.6) is 0 Å². The molecule has 2 heterocycles. The first-order chi connectivity index (χ1) is 9.81. The van der Waals surface area contributed by atoms with Crippen LogP contribution < -0.4 is 10.6 Å². The van der Waals surface area contributed by atoms with Gasteiger partial charge in [-0.25, -0.2) is 0 Å². The number of nitrogen functional groups attached to an aromatic ring is 1. The van der Waals surface area contributed by atoms with Crippen LogP contribution in [0.2, 0.25) is 0 Å². The minimum Gasteiger partial charge on any atom is -0.399 e. The van der Waals surface area contributed by atoms with E-state index in [0.717, 1.165) is 37.6 Å². The van der Waals surface area contributed by atoms with Crippen molar-refractivity contribution in [3.63, 3.8) is 0 Å².